The van der Waals surface area contributed by atoms with Gasteiger partial charge in [-0.05, 0) is 42.7 Å². The Kier molecular flexibility index (Phi) is 7.56. The third-order valence-electron chi connectivity index (χ3n) is 6.38. The molecule has 1 atom stereocenters. The number of ether oxygens (including phenoxy) is 2. The van der Waals surface area contributed by atoms with E-state index >= 15 is 0 Å². The third-order valence-corrected chi connectivity index (χ3v) is 6.38. The molecule has 1 amide bonds. The second-order valence-electron chi connectivity index (χ2n) is 8.74. The summed E-state index contributed by atoms with van der Waals surface area (Å²) in [4.78, 5) is 28.8. The SMILES string of the molecule is CCCCCOc1ccc(C2c3c(oc4ccccc4c3=O)C(=O)N2CCCCC)cc1OC. The van der Waals surface area contributed by atoms with Crippen molar-refractivity contribution >= 4 is 16.9 Å². The highest BCUT2D eigenvalue weighted by Gasteiger charge is 2.42. The van der Waals surface area contributed by atoms with Gasteiger partial charge in [-0.15, -0.1) is 0 Å². The molecule has 0 N–H and O–H groups in total. The molecule has 1 unspecified atom stereocenters. The number of unbranched alkanes of at least 4 members (excludes halogenated alkanes) is 4. The lowest BCUT2D eigenvalue weighted by molar-refractivity contribution is 0.0724. The molecule has 4 rings (SSSR count). The lowest BCUT2D eigenvalue weighted by atomic mass is 9.98. The van der Waals surface area contributed by atoms with Gasteiger partial charge in [0.2, 0.25) is 5.76 Å². The summed E-state index contributed by atoms with van der Waals surface area (Å²) in [7, 11) is 1.60. The van der Waals surface area contributed by atoms with Gasteiger partial charge in [0, 0.05) is 6.54 Å². The zero-order chi connectivity index (χ0) is 24.1. The number of nitrogens with zero attached hydrogens (tertiary/aromatic N) is 1. The summed E-state index contributed by atoms with van der Waals surface area (Å²) < 4.78 is 17.6. The van der Waals surface area contributed by atoms with Crippen LogP contribution in [-0.4, -0.2) is 31.1 Å². The molecule has 1 aliphatic heterocycles. The largest absolute Gasteiger partial charge is 0.493 e. The van der Waals surface area contributed by atoms with E-state index in [1.165, 1.54) is 0 Å². The minimum absolute atomic E-state index is 0.143. The number of fused-ring (bicyclic) bond motifs is 2. The molecule has 34 heavy (non-hydrogen) atoms. The smallest absolute Gasteiger partial charge is 0.290 e. The first kappa shape index (κ1) is 23.9. The van der Waals surface area contributed by atoms with E-state index in [9.17, 15) is 9.59 Å². The lowest BCUT2D eigenvalue weighted by Gasteiger charge is -2.25. The van der Waals surface area contributed by atoms with Gasteiger partial charge in [-0.25, -0.2) is 0 Å². The Morgan fingerprint density at radius 1 is 0.941 bits per heavy atom. The number of methoxy groups -OCH3 is 1. The standard InChI is InChI=1S/C28H33NO5/c1-4-6-10-16-29-25(19-14-15-22(23(18-19)32-3)33-17-11-7-5-2)24-26(30)20-12-8-9-13-21(20)34-27(24)28(29)31/h8-9,12-15,18,25H,4-7,10-11,16-17H2,1-3H3. The molecule has 0 spiro atoms. The van der Waals surface area contributed by atoms with Crippen molar-refractivity contribution in [3.8, 4) is 11.5 Å². The van der Waals surface area contributed by atoms with Gasteiger partial charge >= 0.3 is 0 Å². The molecule has 6 heteroatoms. The van der Waals surface area contributed by atoms with Gasteiger partial charge in [0.25, 0.3) is 5.91 Å². The molecule has 0 aliphatic carbocycles. The third kappa shape index (κ3) is 4.54. The van der Waals surface area contributed by atoms with Crippen LogP contribution in [-0.2, 0) is 0 Å². The molecule has 0 bridgehead atoms. The number of hydrogen-bond acceptors (Lipinski definition) is 5. The second-order valence-corrected chi connectivity index (χ2v) is 8.74. The minimum Gasteiger partial charge on any atom is -0.493 e. The molecule has 0 saturated carbocycles. The zero-order valence-corrected chi connectivity index (χ0v) is 20.3. The van der Waals surface area contributed by atoms with Crippen molar-refractivity contribution in [2.45, 2.75) is 58.4 Å². The maximum absolute atomic E-state index is 13.6. The van der Waals surface area contributed by atoms with Crippen molar-refractivity contribution in [2.24, 2.45) is 0 Å². The first-order valence-electron chi connectivity index (χ1n) is 12.3. The highest BCUT2D eigenvalue weighted by Crippen LogP contribution is 2.41. The van der Waals surface area contributed by atoms with Crippen LogP contribution in [0, 0.1) is 0 Å². The maximum Gasteiger partial charge on any atom is 0.290 e. The summed E-state index contributed by atoms with van der Waals surface area (Å²) in [6.45, 7) is 5.45. The molecule has 180 valence electrons. The summed E-state index contributed by atoms with van der Waals surface area (Å²) in [5.74, 6) is 1.16. The second kappa shape index (κ2) is 10.8. The average molecular weight is 464 g/mol. The van der Waals surface area contributed by atoms with Crippen molar-refractivity contribution in [3.05, 3.63) is 69.6 Å². The van der Waals surface area contributed by atoms with Crippen molar-refractivity contribution in [2.75, 3.05) is 20.3 Å². The van der Waals surface area contributed by atoms with Crippen LogP contribution in [0.25, 0.3) is 11.0 Å². The van der Waals surface area contributed by atoms with Crippen molar-refractivity contribution in [1.82, 2.24) is 4.90 Å². The van der Waals surface area contributed by atoms with Crippen LogP contribution in [0.1, 0.15) is 80.1 Å². The number of rotatable bonds is 11. The van der Waals surface area contributed by atoms with E-state index in [0.29, 0.717) is 41.2 Å². The zero-order valence-electron chi connectivity index (χ0n) is 20.3. The van der Waals surface area contributed by atoms with Crippen LogP contribution in [0.4, 0.5) is 0 Å². The quantitative estimate of drug-likeness (QED) is 0.321. The fraction of sp³-hybridized carbons (Fsp3) is 0.429. The molecular weight excluding hydrogens is 430 g/mol. The Morgan fingerprint density at radius 2 is 1.71 bits per heavy atom. The highest BCUT2D eigenvalue weighted by atomic mass is 16.5. The number of benzene rings is 2. The van der Waals surface area contributed by atoms with Gasteiger partial charge < -0.3 is 18.8 Å². The number of carbonyl (C=O) groups is 1. The average Bonchev–Trinajstić information content (AvgIpc) is 3.14. The Labute approximate surface area is 200 Å². The lowest BCUT2D eigenvalue weighted by Crippen LogP contribution is -2.30. The minimum atomic E-state index is -0.525. The molecule has 0 radical (unpaired) electrons. The van der Waals surface area contributed by atoms with Gasteiger partial charge in [-0.1, -0.05) is 57.7 Å². The van der Waals surface area contributed by atoms with Crippen molar-refractivity contribution in [1.29, 1.82) is 0 Å². The van der Waals surface area contributed by atoms with Crippen LogP contribution in [0.5, 0.6) is 11.5 Å². The predicted molar refractivity (Wildman–Crippen MR) is 133 cm³/mol. The van der Waals surface area contributed by atoms with Gasteiger partial charge in [0.05, 0.1) is 30.7 Å². The fourth-order valence-corrected chi connectivity index (χ4v) is 4.58. The predicted octanol–water partition coefficient (Wildman–Crippen LogP) is 6.11. The summed E-state index contributed by atoms with van der Waals surface area (Å²) in [6.07, 6.45) is 6.11. The van der Waals surface area contributed by atoms with Crippen molar-refractivity contribution in [3.63, 3.8) is 0 Å². The Morgan fingerprint density at radius 3 is 2.47 bits per heavy atom. The molecule has 0 fully saturated rings. The Bertz CT molecular complexity index is 1220. The van der Waals surface area contributed by atoms with E-state index < -0.39 is 6.04 Å². The van der Waals surface area contributed by atoms with Gasteiger partial charge in [-0.2, -0.15) is 0 Å². The maximum atomic E-state index is 13.6. The van der Waals surface area contributed by atoms with Gasteiger partial charge in [0.1, 0.15) is 5.58 Å². The van der Waals surface area contributed by atoms with E-state index in [2.05, 4.69) is 13.8 Å². The van der Waals surface area contributed by atoms with Gasteiger partial charge in [-0.3, -0.25) is 9.59 Å². The molecular formula is C28H33NO5. The number of hydrogen-bond donors (Lipinski definition) is 0. The van der Waals surface area contributed by atoms with Crippen LogP contribution in [0.2, 0.25) is 0 Å². The van der Waals surface area contributed by atoms with Gasteiger partial charge in [0.15, 0.2) is 16.9 Å². The number of para-hydroxylation sites is 1. The highest BCUT2D eigenvalue weighted by molar-refractivity contribution is 5.99. The van der Waals surface area contributed by atoms with Crippen LogP contribution in [0.15, 0.2) is 51.7 Å². The molecule has 2 heterocycles. The van der Waals surface area contributed by atoms with E-state index in [0.717, 1.165) is 44.1 Å². The van der Waals surface area contributed by atoms with E-state index in [1.54, 1.807) is 30.2 Å². The summed E-state index contributed by atoms with van der Waals surface area (Å²) in [5.41, 5.74) is 1.48. The van der Waals surface area contributed by atoms with Crippen LogP contribution < -0.4 is 14.9 Å². The summed E-state index contributed by atoms with van der Waals surface area (Å²) >= 11 is 0. The van der Waals surface area contributed by atoms with Crippen molar-refractivity contribution < 1.29 is 18.7 Å². The molecule has 3 aromatic rings. The van der Waals surface area contributed by atoms with Crippen LogP contribution >= 0.6 is 0 Å². The normalized spacial score (nSPS) is 15.1. The Balaban J connectivity index is 1.77. The number of carbonyl (C=O) groups excluding carboxylic acids is 1. The van der Waals surface area contributed by atoms with E-state index in [1.807, 2.05) is 24.3 Å². The molecule has 6 nitrogen and oxygen atoms in total. The van der Waals surface area contributed by atoms with E-state index in [4.69, 9.17) is 13.9 Å². The fourth-order valence-electron chi connectivity index (χ4n) is 4.58. The monoisotopic (exact) mass is 463 g/mol. The molecule has 1 aliphatic rings. The van der Waals surface area contributed by atoms with E-state index in [-0.39, 0.29) is 17.1 Å². The molecule has 0 saturated heterocycles. The summed E-state index contributed by atoms with van der Waals surface area (Å²) in [6, 6.07) is 12.2. The first-order chi connectivity index (χ1) is 16.6. The summed E-state index contributed by atoms with van der Waals surface area (Å²) in [5, 5.41) is 0.484. The molecule has 2 aromatic carbocycles. The van der Waals surface area contributed by atoms with Crippen LogP contribution in [0.3, 0.4) is 0 Å². The molecule has 1 aromatic heterocycles. The topological polar surface area (TPSA) is 69.0 Å². The first-order valence-corrected chi connectivity index (χ1v) is 12.3. The number of amides is 1. The Hall–Kier alpha value is -3.28.